The van der Waals surface area contributed by atoms with Crippen LogP contribution in [-0.4, -0.2) is 5.78 Å². The average Bonchev–Trinajstić information content (AvgIpc) is 2.36. The Labute approximate surface area is 120 Å². The van der Waals surface area contributed by atoms with Crippen molar-refractivity contribution in [3.8, 4) is 0 Å². The van der Waals surface area contributed by atoms with Crippen LogP contribution >= 0.6 is 0 Å². The Morgan fingerprint density at radius 1 is 0.789 bits per heavy atom. The highest BCUT2D eigenvalue weighted by Crippen LogP contribution is 2.13. The molecule has 0 heterocycles. The molecule has 0 unspecified atom stereocenters. The fraction of sp³-hybridized carbons (Fsp3) is 0.833. The van der Waals surface area contributed by atoms with Gasteiger partial charge in [-0.3, -0.25) is 0 Å². The van der Waals surface area contributed by atoms with Crippen LogP contribution in [0.4, 0.5) is 0 Å². The highest BCUT2D eigenvalue weighted by atomic mass is 16.1. The minimum Gasteiger partial charge on any atom is -0.300 e. The highest BCUT2D eigenvalue weighted by Gasteiger charge is 1.95. The standard InChI is InChI=1S/C18H34O/c1-4-5-6-7-8-9-10-11-12-14-17(2)15-13-16-18(3)19/h15H,4-14,16H2,1-3H3. The van der Waals surface area contributed by atoms with Gasteiger partial charge in [-0.25, -0.2) is 0 Å². The van der Waals surface area contributed by atoms with E-state index in [-0.39, 0.29) is 0 Å². The molecule has 1 nitrogen and oxygen atoms in total. The quantitative estimate of drug-likeness (QED) is 0.285. The molecule has 0 aromatic carbocycles. The van der Waals surface area contributed by atoms with Crippen molar-refractivity contribution in [2.75, 3.05) is 0 Å². The number of rotatable bonds is 13. The first-order chi connectivity index (χ1) is 9.16. The van der Waals surface area contributed by atoms with Crippen molar-refractivity contribution in [3.05, 3.63) is 11.6 Å². The third-order valence-corrected chi connectivity index (χ3v) is 3.66. The van der Waals surface area contributed by atoms with Gasteiger partial charge in [0, 0.05) is 6.42 Å². The lowest BCUT2D eigenvalue weighted by atomic mass is 10.0. The first-order valence-electron chi connectivity index (χ1n) is 8.32. The Morgan fingerprint density at radius 3 is 1.84 bits per heavy atom. The largest absolute Gasteiger partial charge is 0.300 e. The van der Waals surface area contributed by atoms with E-state index in [0.29, 0.717) is 12.2 Å². The smallest absolute Gasteiger partial charge is 0.130 e. The molecule has 0 bridgehead atoms. The van der Waals surface area contributed by atoms with Crippen molar-refractivity contribution < 1.29 is 4.79 Å². The van der Waals surface area contributed by atoms with Crippen LogP contribution in [0, 0.1) is 0 Å². The van der Waals surface area contributed by atoms with Gasteiger partial charge < -0.3 is 4.79 Å². The van der Waals surface area contributed by atoms with E-state index < -0.39 is 0 Å². The van der Waals surface area contributed by atoms with Gasteiger partial charge in [-0.05, 0) is 33.1 Å². The van der Waals surface area contributed by atoms with Crippen LogP contribution in [0.1, 0.15) is 97.8 Å². The van der Waals surface area contributed by atoms with Crippen LogP contribution in [0.3, 0.4) is 0 Å². The molecule has 0 aromatic rings. The maximum atomic E-state index is 10.8. The van der Waals surface area contributed by atoms with Gasteiger partial charge in [0.2, 0.25) is 0 Å². The Morgan fingerprint density at radius 2 is 1.32 bits per heavy atom. The Bertz CT molecular complexity index is 240. The van der Waals surface area contributed by atoms with Gasteiger partial charge in [0.25, 0.3) is 0 Å². The maximum Gasteiger partial charge on any atom is 0.130 e. The second-order valence-electron chi connectivity index (χ2n) is 5.87. The number of Topliss-reactive ketones (excluding diaryl/α,β-unsaturated/α-hetero) is 1. The van der Waals surface area contributed by atoms with E-state index in [9.17, 15) is 4.79 Å². The number of allylic oxidation sites excluding steroid dienone is 2. The zero-order valence-electron chi connectivity index (χ0n) is 13.5. The maximum absolute atomic E-state index is 10.8. The predicted octanol–water partition coefficient (Wildman–Crippen LogP) is 6.22. The van der Waals surface area contributed by atoms with E-state index in [1.807, 2.05) is 0 Å². The summed E-state index contributed by atoms with van der Waals surface area (Å²) >= 11 is 0. The molecule has 0 saturated carbocycles. The number of carbonyl (C=O) groups is 1. The summed E-state index contributed by atoms with van der Waals surface area (Å²) in [5.74, 6) is 0.298. The van der Waals surface area contributed by atoms with Gasteiger partial charge in [0.1, 0.15) is 5.78 Å². The molecule has 1 heteroatoms. The highest BCUT2D eigenvalue weighted by molar-refractivity contribution is 5.75. The summed E-state index contributed by atoms with van der Waals surface area (Å²) in [4.78, 5) is 10.8. The number of ketones is 1. The fourth-order valence-electron chi connectivity index (χ4n) is 2.34. The van der Waals surface area contributed by atoms with Crippen LogP contribution in [-0.2, 0) is 4.79 Å². The molecule has 0 aromatic heterocycles. The molecule has 0 fully saturated rings. The number of hydrogen-bond acceptors (Lipinski definition) is 1. The molecule has 0 aliphatic heterocycles. The van der Waals surface area contributed by atoms with E-state index in [2.05, 4.69) is 19.9 Å². The van der Waals surface area contributed by atoms with Crippen molar-refractivity contribution in [1.29, 1.82) is 0 Å². The van der Waals surface area contributed by atoms with Crippen molar-refractivity contribution in [3.63, 3.8) is 0 Å². The van der Waals surface area contributed by atoms with Crippen LogP contribution in [0.5, 0.6) is 0 Å². The minimum atomic E-state index is 0.298. The van der Waals surface area contributed by atoms with E-state index in [1.165, 1.54) is 69.8 Å². The lowest BCUT2D eigenvalue weighted by Gasteiger charge is -2.03. The monoisotopic (exact) mass is 266 g/mol. The SMILES string of the molecule is CCCCCCCCCCCC(C)=CCCC(C)=O. The number of unbranched alkanes of at least 4 members (excludes halogenated alkanes) is 8. The molecule has 0 spiro atoms. The number of carbonyl (C=O) groups excluding carboxylic acids is 1. The van der Waals surface area contributed by atoms with E-state index in [4.69, 9.17) is 0 Å². The summed E-state index contributed by atoms with van der Waals surface area (Å²) in [5.41, 5.74) is 1.46. The van der Waals surface area contributed by atoms with Crippen LogP contribution in [0.2, 0.25) is 0 Å². The summed E-state index contributed by atoms with van der Waals surface area (Å²) in [7, 11) is 0. The number of hydrogen-bond donors (Lipinski definition) is 0. The third-order valence-electron chi connectivity index (χ3n) is 3.66. The zero-order chi connectivity index (χ0) is 14.3. The first-order valence-corrected chi connectivity index (χ1v) is 8.32. The van der Waals surface area contributed by atoms with Crippen molar-refractivity contribution in [2.45, 2.75) is 97.8 Å². The second-order valence-corrected chi connectivity index (χ2v) is 5.87. The van der Waals surface area contributed by atoms with E-state index in [1.54, 1.807) is 6.92 Å². The molecule has 0 N–H and O–H groups in total. The van der Waals surface area contributed by atoms with Gasteiger partial charge in [-0.1, -0.05) is 69.9 Å². The minimum absolute atomic E-state index is 0.298. The van der Waals surface area contributed by atoms with Crippen molar-refractivity contribution >= 4 is 5.78 Å². The van der Waals surface area contributed by atoms with Crippen molar-refractivity contribution in [1.82, 2.24) is 0 Å². The molecular weight excluding hydrogens is 232 g/mol. The summed E-state index contributed by atoms with van der Waals surface area (Å²) in [5, 5.41) is 0. The molecule has 0 radical (unpaired) electrons. The molecule has 0 rings (SSSR count). The average molecular weight is 266 g/mol. The summed E-state index contributed by atoms with van der Waals surface area (Å²) in [6.07, 6.45) is 17.6. The lowest BCUT2D eigenvalue weighted by Crippen LogP contribution is -1.88. The van der Waals surface area contributed by atoms with Gasteiger partial charge in [-0.15, -0.1) is 0 Å². The van der Waals surface area contributed by atoms with Gasteiger partial charge in [0.05, 0.1) is 0 Å². The third kappa shape index (κ3) is 15.4. The molecule has 0 amide bonds. The van der Waals surface area contributed by atoms with Gasteiger partial charge in [0.15, 0.2) is 0 Å². The van der Waals surface area contributed by atoms with Crippen molar-refractivity contribution in [2.24, 2.45) is 0 Å². The van der Waals surface area contributed by atoms with E-state index in [0.717, 1.165) is 6.42 Å². The predicted molar refractivity (Wildman–Crippen MR) is 85.5 cm³/mol. The molecule has 112 valence electrons. The van der Waals surface area contributed by atoms with Crippen LogP contribution in [0.25, 0.3) is 0 Å². The summed E-state index contributed by atoms with van der Waals surface area (Å²) in [6, 6.07) is 0. The topological polar surface area (TPSA) is 17.1 Å². The molecule has 19 heavy (non-hydrogen) atoms. The lowest BCUT2D eigenvalue weighted by molar-refractivity contribution is -0.116. The van der Waals surface area contributed by atoms with Gasteiger partial charge in [-0.2, -0.15) is 0 Å². The Balaban J connectivity index is 3.26. The molecule has 0 saturated heterocycles. The Hall–Kier alpha value is -0.590. The van der Waals surface area contributed by atoms with Gasteiger partial charge >= 0.3 is 0 Å². The molecule has 0 aliphatic carbocycles. The second kappa shape index (κ2) is 13.8. The summed E-state index contributed by atoms with van der Waals surface area (Å²) in [6.45, 7) is 6.14. The van der Waals surface area contributed by atoms with E-state index >= 15 is 0 Å². The molecule has 0 atom stereocenters. The first kappa shape index (κ1) is 18.4. The molecular formula is C18H34O. The molecule has 0 aliphatic rings. The zero-order valence-corrected chi connectivity index (χ0v) is 13.5. The van der Waals surface area contributed by atoms with Crippen LogP contribution in [0.15, 0.2) is 11.6 Å². The summed E-state index contributed by atoms with van der Waals surface area (Å²) < 4.78 is 0. The van der Waals surface area contributed by atoms with Crippen LogP contribution < -0.4 is 0 Å². The fourth-order valence-corrected chi connectivity index (χ4v) is 2.34. The Kier molecular flexibility index (Phi) is 13.4. The normalized spacial score (nSPS) is 11.8.